The van der Waals surface area contributed by atoms with Gasteiger partial charge in [-0.25, -0.2) is 9.78 Å². The second-order valence-corrected chi connectivity index (χ2v) is 4.91. The molecule has 2 aromatic rings. The van der Waals surface area contributed by atoms with Gasteiger partial charge in [0.15, 0.2) is 5.69 Å². The van der Waals surface area contributed by atoms with Crippen LogP contribution in [0, 0.1) is 0 Å². The molecular formula is C14H13BrN2O2. The number of nitrogens with one attached hydrogen (secondary N) is 1. The van der Waals surface area contributed by atoms with E-state index >= 15 is 0 Å². The average molecular weight is 321 g/mol. The fourth-order valence-corrected chi connectivity index (χ4v) is 2.15. The van der Waals surface area contributed by atoms with Crippen molar-refractivity contribution in [3.8, 4) is 0 Å². The third-order valence-electron chi connectivity index (χ3n) is 2.68. The van der Waals surface area contributed by atoms with E-state index in [1.807, 2.05) is 18.2 Å². The largest absolute Gasteiger partial charge is 0.477 e. The molecule has 0 bridgehead atoms. The molecule has 2 N–H and O–H groups in total. The average Bonchev–Trinajstić information content (AvgIpc) is 2.41. The van der Waals surface area contributed by atoms with Gasteiger partial charge in [-0.1, -0.05) is 28.9 Å². The molecule has 5 heteroatoms. The number of aromatic carboxylic acids is 1. The summed E-state index contributed by atoms with van der Waals surface area (Å²) in [6, 6.07) is 10.8. The van der Waals surface area contributed by atoms with Crippen molar-refractivity contribution in [2.75, 3.05) is 5.32 Å². The summed E-state index contributed by atoms with van der Waals surface area (Å²) in [4.78, 5) is 14.9. The molecule has 1 aromatic carbocycles. The smallest absolute Gasteiger partial charge is 0.354 e. The second kappa shape index (κ2) is 5.84. The molecule has 0 aliphatic rings. The molecule has 1 aromatic heterocycles. The number of carboxylic acid groups (broad SMARTS) is 1. The maximum absolute atomic E-state index is 10.9. The molecule has 0 fully saturated rings. The van der Waals surface area contributed by atoms with Crippen LogP contribution in [0.3, 0.4) is 0 Å². The van der Waals surface area contributed by atoms with Crippen LogP contribution in [0.15, 0.2) is 40.9 Å². The minimum Gasteiger partial charge on any atom is -0.477 e. The maximum atomic E-state index is 10.9. The molecule has 1 heterocycles. The Kier molecular flexibility index (Phi) is 4.16. The maximum Gasteiger partial charge on any atom is 0.354 e. The van der Waals surface area contributed by atoms with Crippen LogP contribution in [-0.4, -0.2) is 16.1 Å². The van der Waals surface area contributed by atoms with Crippen molar-refractivity contribution in [1.29, 1.82) is 0 Å². The van der Waals surface area contributed by atoms with E-state index in [1.165, 1.54) is 6.07 Å². The molecule has 0 saturated carbocycles. The molecule has 0 atom stereocenters. The summed E-state index contributed by atoms with van der Waals surface area (Å²) >= 11 is 3.43. The van der Waals surface area contributed by atoms with Gasteiger partial charge < -0.3 is 10.4 Å². The molecule has 0 amide bonds. The van der Waals surface area contributed by atoms with Crippen molar-refractivity contribution in [2.24, 2.45) is 0 Å². The molecule has 0 aliphatic carbocycles. The number of hydrogen-bond acceptors (Lipinski definition) is 3. The number of anilines is 2. The zero-order valence-corrected chi connectivity index (χ0v) is 11.9. The van der Waals surface area contributed by atoms with Gasteiger partial charge >= 0.3 is 5.97 Å². The van der Waals surface area contributed by atoms with Gasteiger partial charge in [0, 0.05) is 10.2 Å². The van der Waals surface area contributed by atoms with E-state index in [1.54, 1.807) is 12.1 Å². The molecule has 4 nitrogen and oxygen atoms in total. The molecule has 2 rings (SSSR count). The van der Waals surface area contributed by atoms with E-state index in [0.717, 1.165) is 22.1 Å². The van der Waals surface area contributed by atoms with E-state index in [4.69, 9.17) is 5.11 Å². The lowest BCUT2D eigenvalue weighted by molar-refractivity contribution is 0.0690. The summed E-state index contributed by atoms with van der Waals surface area (Å²) in [7, 11) is 0. The van der Waals surface area contributed by atoms with Crippen LogP contribution in [0.4, 0.5) is 11.5 Å². The fraction of sp³-hybridized carbons (Fsp3) is 0.143. The zero-order valence-electron chi connectivity index (χ0n) is 10.4. The Morgan fingerprint density at radius 1 is 1.37 bits per heavy atom. The van der Waals surface area contributed by atoms with Crippen LogP contribution < -0.4 is 5.32 Å². The molecule has 0 unspecified atom stereocenters. The Morgan fingerprint density at radius 2 is 2.16 bits per heavy atom. The van der Waals surface area contributed by atoms with Gasteiger partial charge in [-0.05, 0) is 42.3 Å². The zero-order chi connectivity index (χ0) is 13.8. The van der Waals surface area contributed by atoms with Crippen LogP contribution >= 0.6 is 15.9 Å². The van der Waals surface area contributed by atoms with Gasteiger partial charge in [0.25, 0.3) is 0 Å². The normalized spacial score (nSPS) is 10.2. The lowest BCUT2D eigenvalue weighted by Gasteiger charge is -2.11. The quantitative estimate of drug-likeness (QED) is 0.898. The summed E-state index contributed by atoms with van der Waals surface area (Å²) in [6.45, 7) is 2.06. The Balaban J connectivity index is 2.30. The fourth-order valence-electron chi connectivity index (χ4n) is 1.74. The van der Waals surface area contributed by atoms with E-state index in [9.17, 15) is 4.79 Å². The van der Waals surface area contributed by atoms with Crippen LogP contribution in [0.5, 0.6) is 0 Å². The van der Waals surface area contributed by atoms with Gasteiger partial charge in [-0.2, -0.15) is 0 Å². The molecular weight excluding hydrogens is 308 g/mol. The number of aromatic nitrogens is 1. The number of nitrogens with zero attached hydrogens (tertiary/aromatic N) is 1. The Bertz CT molecular complexity index is 614. The van der Waals surface area contributed by atoms with Crippen molar-refractivity contribution < 1.29 is 9.90 Å². The van der Waals surface area contributed by atoms with E-state index in [0.29, 0.717) is 5.82 Å². The van der Waals surface area contributed by atoms with Gasteiger partial charge in [0.05, 0.1) is 0 Å². The van der Waals surface area contributed by atoms with Crippen molar-refractivity contribution in [2.45, 2.75) is 13.3 Å². The summed E-state index contributed by atoms with van der Waals surface area (Å²) in [5.41, 5.74) is 2.10. The number of halogens is 1. The highest BCUT2D eigenvalue weighted by Crippen LogP contribution is 2.24. The number of hydrogen-bond donors (Lipinski definition) is 2. The Morgan fingerprint density at radius 3 is 2.84 bits per heavy atom. The standard InChI is InChI=1S/C14H13BrN2O2/c1-2-9-8-10(15)6-7-11(9)16-13-5-3-4-12(17-13)14(18)19/h3-8H,2H2,1H3,(H,16,17)(H,18,19). The number of aryl methyl sites for hydroxylation is 1. The second-order valence-electron chi connectivity index (χ2n) is 3.99. The molecule has 0 spiro atoms. The van der Waals surface area contributed by atoms with Crippen molar-refractivity contribution in [3.63, 3.8) is 0 Å². The minimum absolute atomic E-state index is 0.0279. The summed E-state index contributed by atoms with van der Waals surface area (Å²) in [5.74, 6) is -0.507. The van der Waals surface area contributed by atoms with Gasteiger partial charge in [0.2, 0.25) is 0 Å². The third kappa shape index (κ3) is 3.32. The topological polar surface area (TPSA) is 62.2 Å². The highest BCUT2D eigenvalue weighted by molar-refractivity contribution is 9.10. The number of carbonyl (C=O) groups is 1. The highest BCUT2D eigenvalue weighted by Gasteiger charge is 2.07. The van der Waals surface area contributed by atoms with Gasteiger partial charge in [-0.3, -0.25) is 0 Å². The molecule has 0 radical (unpaired) electrons. The molecule has 0 aliphatic heterocycles. The molecule has 98 valence electrons. The monoisotopic (exact) mass is 320 g/mol. The summed E-state index contributed by atoms with van der Waals surface area (Å²) in [5, 5.41) is 12.1. The lowest BCUT2D eigenvalue weighted by Crippen LogP contribution is -2.03. The van der Waals surface area contributed by atoms with Crippen molar-refractivity contribution in [1.82, 2.24) is 4.98 Å². The van der Waals surface area contributed by atoms with Crippen LogP contribution in [0.25, 0.3) is 0 Å². The van der Waals surface area contributed by atoms with Crippen LogP contribution in [-0.2, 0) is 6.42 Å². The van der Waals surface area contributed by atoms with Crippen molar-refractivity contribution in [3.05, 3.63) is 52.1 Å². The Hall–Kier alpha value is -1.88. The van der Waals surface area contributed by atoms with E-state index in [2.05, 4.69) is 33.2 Å². The molecule has 19 heavy (non-hydrogen) atoms. The summed E-state index contributed by atoms with van der Waals surface area (Å²) < 4.78 is 1.02. The predicted octanol–water partition coefficient (Wildman–Crippen LogP) is 3.85. The van der Waals surface area contributed by atoms with Crippen LogP contribution in [0.1, 0.15) is 23.0 Å². The minimum atomic E-state index is -1.03. The molecule has 0 saturated heterocycles. The van der Waals surface area contributed by atoms with Gasteiger partial charge in [-0.15, -0.1) is 0 Å². The number of benzene rings is 1. The number of pyridine rings is 1. The Labute approximate surface area is 119 Å². The number of rotatable bonds is 4. The predicted molar refractivity (Wildman–Crippen MR) is 78.0 cm³/mol. The van der Waals surface area contributed by atoms with E-state index < -0.39 is 5.97 Å². The van der Waals surface area contributed by atoms with Crippen molar-refractivity contribution >= 4 is 33.4 Å². The van der Waals surface area contributed by atoms with Crippen LogP contribution in [0.2, 0.25) is 0 Å². The number of carboxylic acids is 1. The first-order valence-corrected chi connectivity index (χ1v) is 6.65. The van der Waals surface area contributed by atoms with E-state index in [-0.39, 0.29) is 5.69 Å². The van der Waals surface area contributed by atoms with Gasteiger partial charge in [0.1, 0.15) is 5.82 Å². The highest BCUT2D eigenvalue weighted by atomic mass is 79.9. The third-order valence-corrected chi connectivity index (χ3v) is 3.17. The first-order chi connectivity index (χ1) is 9.10. The SMILES string of the molecule is CCc1cc(Br)ccc1Nc1cccc(C(=O)O)n1. The first kappa shape index (κ1) is 13.5. The first-order valence-electron chi connectivity index (χ1n) is 5.86. The lowest BCUT2D eigenvalue weighted by atomic mass is 10.1. The summed E-state index contributed by atoms with van der Waals surface area (Å²) in [6.07, 6.45) is 0.875.